The predicted molar refractivity (Wildman–Crippen MR) is 82.9 cm³/mol. The molecular formula is C17H19N3. The van der Waals surface area contributed by atoms with Gasteiger partial charge in [-0.25, -0.2) is 4.98 Å². The van der Waals surface area contributed by atoms with Gasteiger partial charge in [0.25, 0.3) is 0 Å². The lowest BCUT2D eigenvalue weighted by molar-refractivity contribution is 0.863. The lowest BCUT2D eigenvalue weighted by atomic mass is 9.98. The van der Waals surface area contributed by atoms with Crippen LogP contribution >= 0.6 is 0 Å². The summed E-state index contributed by atoms with van der Waals surface area (Å²) in [6.45, 7) is 4.89. The van der Waals surface area contributed by atoms with Crippen LogP contribution in [-0.2, 0) is 6.42 Å². The summed E-state index contributed by atoms with van der Waals surface area (Å²) in [4.78, 5) is 4.51. The molecule has 0 bridgehead atoms. The zero-order valence-corrected chi connectivity index (χ0v) is 11.9. The molecule has 2 aromatic heterocycles. The molecule has 0 fully saturated rings. The van der Waals surface area contributed by atoms with Gasteiger partial charge in [0, 0.05) is 18.2 Å². The highest BCUT2D eigenvalue weighted by atomic mass is 15.0. The molecule has 3 rings (SSSR count). The number of imidazole rings is 1. The summed E-state index contributed by atoms with van der Waals surface area (Å²) >= 11 is 0. The number of aryl methyl sites for hydroxylation is 2. The molecule has 0 unspecified atom stereocenters. The Kier molecular flexibility index (Phi) is 3.28. The van der Waals surface area contributed by atoms with Gasteiger partial charge in [-0.1, -0.05) is 29.8 Å². The Bertz CT molecular complexity index is 756. The normalized spacial score (nSPS) is 11.2. The zero-order valence-electron chi connectivity index (χ0n) is 11.9. The summed E-state index contributed by atoms with van der Waals surface area (Å²) in [5.74, 6) is 1.02. The summed E-state index contributed by atoms with van der Waals surface area (Å²) in [6, 6.07) is 10.8. The first-order valence-corrected chi connectivity index (χ1v) is 6.93. The van der Waals surface area contributed by atoms with Gasteiger partial charge in [-0.15, -0.1) is 0 Å². The first kappa shape index (κ1) is 12.9. The van der Waals surface area contributed by atoms with Crippen LogP contribution < -0.4 is 5.73 Å². The third kappa shape index (κ3) is 2.10. The minimum atomic E-state index is 0.618. The maximum atomic E-state index is 5.65. The largest absolute Gasteiger partial charge is 0.330 e. The standard InChI is InChI=1S/C17H19N3/c1-12-5-6-13(2)15(10-12)14-4-3-9-20-16(14)11-19-17(20)7-8-18/h3-6,9-11H,7-8,18H2,1-2H3. The fourth-order valence-corrected chi connectivity index (χ4v) is 2.64. The highest BCUT2D eigenvalue weighted by Crippen LogP contribution is 2.28. The van der Waals surface area contributed by atoms with Crippen molar-refractivity contribution in [3.8, 4) is 11.1 Å². The number of pyridine rings is 1. The molecule has 0 atom stereocenters. The predicted octanol–water partition coefficient (Wildman–Crippen LogP) is 3.12. The van der Waals surface area contributed by atoms with E-state index in [4.69, 9.17) is 5.73 Å². The Hall–Kier alpha value is -2.13. The van der Waals surface area contributed by atoms with Crippen LogP contribution in [0.5, 0.6) is 0 Å². The van der Waals surface area contributed by atoms with E-state index in [1.165, 1.54) is 22.3 Å². The smallest absolute Gasteiger partial charge is 0.114 e. The van der Waals surface area contributed by atoms with Crippen molar-refractivity contribution < 1.29 is 0 Å². The van der Waals surface area contributed by atoms with Gasteiger partial charge in [0.1, 0.15) is 5.82 Å². The Labute approximate surface area is 119 Å². The molecule has 2 N–H and O–H groups in total. The molecule has 0 saturated carbocycles. The fraction of sp³-hybridized carbons (Fsp3) is 0.235. The maximum absolute atomic E-state index is 5.65. The Morgan fingerprint density at radius 1 is 1.15 bits per heavy atom. The van der Waals surface area contributed by atoms with Gasteiger partial charge in [-0.2, -0.15) is 0 Å². The molecule has 3 heteroatoms. The summed E-state index contributed by atoms with van der Waals surface area (Å²) in [5, 5.41) is 0. The molecule has 0 aliphatic heterocycles. The number of rotatable bonds is 3. The van der Waals surface area contributed by atoms with Gasteiger partial charge in [0.15, 0.2) is 0 Å². The van der Waals surface area contributed by atoms with Gasteiger partial charge in [-0.3, -0.25) is 0 Å². The van der Waals surface area contributed by atoms with E-state index in [-0.39, 0.29) is 0 Å². The summed E-state index contributed by atoms with van der Waals surface area (Å²) < 4.78 is 2.14. The van der Waals surface area contributed by atoms with Crippen molar-refractivity contribution in [1.82, 2.24) is 9.38 Å². The molecule has 2 heterocycles. The number of nitrogens with two attached hydrogens (primary N) is 1. The van der Waals surface area contributed by atoms with Crippen molar-refractivity contribution in [2.24, 2.45) is 5.73 Å². The lowest BCUT2D eigenvalue weighted by Gasteiger charge is -2.10. The Balaban J connectivity index is 2.24. The minimum Gasteiger partial charge on any atom is -0.330 e. The molecule has 3 aromatic rings. The molecule has 0 amide bonds. The van der Waals surface area contributed by atoms with Crippen LogP contribution in [-0.4, -0.2) is 15.9 Å². The quantitative estimate of drug-likeness (QED) is 0.790. The first-order chi connectivity index (χ1) is 9.70. The van der Waals surface area contributed by atoms with Crippen molar-refractivity contribution >= 4 is 5.52 Å². The number of benzene rings is 1. The van der Waals surface area contributed by atoms with E-state index in [2.05, 4.69) is 59.8 Å². The zero-order chi connectivity index (χ0) is 14.1. The number of nitrogens with zero attached hydrogens (tertiary/aromatic N) is 2. The van der Waals surface area contributed by atoms with Crippen LogP contribution in [0.3, 0.4) is 0 Å². The van der Waals surface area contributed by atoms with Crippen molar-refractivity contribution in [2.45, 2.75) is 20.3 Å². The van der Waals surface area contributed by atoms with E-state index in [1.54, 1.807) is 0 Å². The SMILES string of the molecule is Cc1ccc(C)c(-c2cccn3c(CCN)ncc23)c1. The number of hydrogen-bond acceptors (Lipinski definition) is 2. The third-order valence-electron chi connectivity index (χ3n) is 3.70. The molecule has 102 valence electrons. The van der Waals surface area contributed by atoms with E-state index >= 15 is 0 Å². The highest BCUT2D eigenvalue weighted by Gasteiger charge is 2.10. The molecule has 1 aromatic carbocycles. The highest BCUT2D eigenvalue weighted by molar-refractivity contribution is 5.82. The fourth-order valence-electron chi connectivity index (χ4n) is 2.64. The topological polar surface area (TPSA) is 43.3 Å². The summed E-state index contributed by atoms with van der Waals surface area (Å²) in [6.07, 6.45) is 4.80. The van der Waals surface area contributed by atoms with E-state index in [9.17, 15) is 0 Å². The second kappa shape index (κ2) is 5.10. The number of hydrogen-bond donors (Lipinski definition) is 1. The van der Waals surface area contributed by atoms with Crippen LogP contribution in [0.4, 0.5) is 0 Å². The Morgan fingerprint density at radius 3 is 2.80 bits per heavy atom. The second-order valence-electron chi connectivity index (χ2n) is 5.21. The van der Waals surface area contributed by atoms with E-state index < -0.39 is 0 Å². The number of fused-ring (bicyclic) bond motifs is 1. The molecule has 0 saturated heterocycles. The molecule has 3 nitrogen and oxygen atoms in total. The van der Waals surface area contributed by atoms with Crippen LogP contribution in [0.2, 0.25) is 0 Å². The molecule has 20 heavy (non-hydrogen) atoms. The van der Waals surface area contributed by atoms with Gasteiger partial charge < -0.3 is 10.1 Å². The third-order valence-corrected chi connectivity index (χ3v) is 3.70. The summed E-state index contributed by atoms with van der Waals surface area (Å²) in [5.41, 5.74) is 11.8. The first-order valence-electron chi connectivity index (χ1n) is 6.93. The van der Waals surface area contributed by atoms with Crippen LogP contribution in [0.15, 0.2) is 42.7 Å². The van der Waals surface area contributed by atoms with Crippen LogP contribution in [0, 0.1) is 13.8 Å². The van der Waals surface area contributed by atoms with Gasteiger partial charge in [0.2, 0.25) is 0 Å². The second-order valence-corrected chi connectivity index (χ2v) is 5.21. The average molecular weight is 265 g/mol. The van der Waals surface area contributed by atoms with Crippen molar-refractivity contribution in [3.63, 3.8) is 0 Å². The van der Waals surface area contributed by atoms with E-state index in [1.807, 2.05) is 6.20 Å². The van der Waals surface area contributed by atoms with Crippen molar-refractivity contribution in [1.29, 1.82) is 0 Å². The molecule has 0 aliphatic rings. The van der Waals surface area contributed by atoms with Crippen LogP contribution in [0.1, 0.15) is 17.0 Å². The minimum absolute atomic E-state index is 0.618. The molecule has 0 spiro atoms. The average Bonchev–Trinajstić information content (AvgIpc) is 2.85. The maximum Gasteiger partial charge on any atom is 0.114 e. The van der Waals surface area contributed by atoms with Crippen molar-refractivity contribution in [2.75, 3.05) is 6.54 Å². The molecule has 0 aliphatic carbocycles. The lowest BCUT2D eigenvalue weighted by Crippen LogP contribution is -2.06. The van der Waals surface area contributed by atoms with E-state index in [0.717, 1.165) is 17.8 Å². The van der Waals surface area contributed by atoms with Gasteiger partial charge >= 0.3 is 0 Å². The Morgan fingerprint density at radius 2 is 2.00 bits per heavy atom. The van der Waals surface area contributed by atoms with Gasteiger partial charge in [-0.05, 0) is 37.6 Å². The van der Waals surface area contributed by atoms with E-state index in [0.29, 0.717) is 6.54 Å². The number of aromatic nitrogens is 2. The van der Waals surface area contributed by atoms with Gasteiger partial charge in [0.05, 0.1) is 11.7 Å². The van der Waals surface area contributed by atoms with Crippen LogP contribution in [0.25, 0.3) is 16.6 Å². The monoisotopic (exact) mass is 265 g/mol. The van der Waals surface area contributed by atoms with Crippen molar-refractivity contribution in [3.05, 3.63) is 59.7 Å². The molecular weight excluding hydrogens is 246 g/mol. The summed E-state index contributed by atoms with van der Waals surface area (Å²) in [7, 11) is 0. The molecule has 0 radical (unpaired) electrons.